The number of sulfonamides is 1. The Labute approximate surface area is 122 Å². The molecular weight excluding hydrogens is 329 g/mol. The normalized spacial score (nSPS) is 11.3. The summed E-state index contributed by atoms with van der Waals surface area (Å²) in [5.41, 5.74) is 0. The van der Waals surface area contributed by atoms with Gasteiger partial charge in [0.25, 0.3) is 10.0 Å². The summed E-state index contributed by atoms with van der Waals surface area (Å²) >= 11 is 6.28. The van der Waals surface area contributed by atoms with E-state index < -0.39 is 26.7 Å². The third-order valence-electron chi connectivity index (χ3n) is 2.24. The lowest BCUT2D eigenvalue weighted by atomic mass is 10.3. The maximum absolute atomic E-state index is 13.6. The van der Waals surface area contributed by atoms with Crippen LogP contribution in [0.5, 0.6) is 0 Å². The van der Waals surface area contributed by atoms with Gasteiger partial charge < -0.3 is 5.11 Å². The Hall–Kier alpha value is -1.64. The molecular formula is C11H7ClFNO4S2. The van der Waals surface area contributed by atoms with E-state index in [4.69, 9.17) is 16.7 Å². The van der Waals surface area contributed by atoms with Crippen molar-refractivity contribution >= 4 is 43.9 Å². The SMILES string of the molecule is O=C(O)c1ccc(NS(=O)(=O)c2ccc(Cl)cc2F)s1. The van der Waals surface area contributed by atoms with Crippen molar-refractivity contribution in [2.24, 2.45) is 0 Å². The zero-order chi connectivity index (χ0) is 14.9. The minimum atomic E-state index is -4.14. The van der Waals surface area contributed by atoms with Crippen molar-refractivity contribution in [3.8, 4) is 0 Å². The molecule has 0 spiro atoms. The Kier molecular flexibility index (Phi) is 3.98. The van der Waals surface area contributed by atoms with Crippen LogP contribution in [0.4, 0.5) is 9.39 Å². The summed E-state index contributed by atoms with van der Waals surface area (Å²) < 4.78 is 39.7. The molecule has 106 valence electrons. The van der Waals surface area contributed by atoms with Gasteiger partial charge in [-0.1, -0.05) is 11.6 Å². The van der Waals surface area contributed by atoms with Crippen LogP contribution < -0.4 is 4.72 Å². The van der Waals surface area contributed by atoms with E-state index in [9.17, 15) is 17.6 Å². The van der Waals surface area contributed by atoms with Gasteiger partial charge in [0.05, 0.1) is 0 Å². The fraction of sp³-hybridized carbons (Fsp3) is 0. The molecule has 5 nitrogen and oxygen atoms in total. The van der Waals surface area contributed by atoms with Gasteiger partial charge in [-0.3, -0.25) is 4.72 Å². The molecule has 2 rings (SSSR count). The van der Waals surface area contributed by atoms with Crippen LogP contribution in [-0.2, 0) is 10.0 Å². The van der Waals surface area contributed by atoms with Crippen LogP contribution in [0.15, 0.2) is 35.2 Å². The summed E-state index contributed by atoms with van der Waals surface area (Å²) in [5.74, 6) is -2.15. The number of anilines is 1. The van der Waals surface area contributed by atoms with E-state index in [0.29, 0.717) is 0 Å². The van der Waals surface area contributed by atoms with Crippen molar-refractivity contribution < 1.29 is 22.7 Å². The summed E-state index contributed by atoms with van der Waals surface area (Å²) in [6.45, 7) is 0. The monoisotopic (exact) mass is 335 g/mol. The Bertz CT molecular complexity index is 772. The van der Waals surface area contributed by atoms with Crippen LogP contribution in [0.2, 0.25) is 5.02 Å². The summed E-state index contributed by atoms with van der Waals surface area (Å²) in [4.78, 5) is 10.1. The molecule has 0 aliphatic carbocycles. The molecule has 0 radical (unpaired) electrons. The van der Waals surface area contributed by atoms with Gasteiger partial charge in [-0.15, -0.1) is 11.3 Å². The van der Waals surface area contributed by atoms with E-state index in [-0.39, 0.29) is 14.9 Å². The largest absolute Gasteiger partial charge is 0.477 e. The topological polar surface area (TPSA) is 83.5 Å². The molecule has 2 aromatic rings. The lowest BCUT2D eigenvalue weighted by molar-refractivity contribution is 0.0702. The van der Waals surface area contributed by atoms with E-state index in [1.54, 1.807) is 0 Å². The molecule has 1 aromatic heterocycles. The van der Waals surface area contributed by atoms with Crippen LogP contribution >= 0.6 is 22.9 Å². The van der Waals surface area contributed by atoms with Gasteiger partial charge in [0.2, 0.25) is 0 Å². The number of carbonyl (C=O) groups is 1. The Balaban J connectivity index is 2.33. The van der Waals surface area contributed by atoms with Gasteiger partial charge in [0.1, 0.15) is 20.6 Å². The lowest BCUT2D eigenvalue weighted by Crippen LogP contribution is -2.13. The highest BCUT2D eigenvalue weighted by molar-refractivity contribution is 7.93. The molecule has 0 unspecified atom stereocenters. The standard InChI is InChI=1S/C11H7ClFNO4S2/c12-6-1-3-9(7(13)5-6)20(17,18)14-10-4-2-8(19-10)11(15)16/h1-5,14H,(H,15,16). The first kappa shape index (κ1) is 14.8. The van der Waals surface area contributed by atoms with Gasteiger partial charge in [-0.25, -0.2) is 17.6 Å². The zero-order valence-corrected chi connectivity index (χ0v) is 12.0. The highest BCUT2D eigenvalue weighted by Crippen LogP contribution is 2.26. The van der Waals surface area contributed by atoms with Crippen molar-refractivity contribution in [2.45, 2.75) is 4.90 Å². The fourth-order valence-electron chi connectivity index (χ4n) is 1.39. The van der Waals surface area contributed by atoms with Crippen molar-refractivity contribution in [2.75, 3.05) is 4.72 Å². The predicted octanol–water partition coefficient (Wildman–Crippen LogP) is 3.04. The van der Waals surface area contributed by atoms with Crippen molar-refractivity contribution in [3.05, 3.63) is 46.0 Å². The molecule has 1 heterocycles. The second-order valence-electron chi connectivity index (χ2n) is 3.65. The van der Waals surface area contributed by atoms with Gasteiger partial charge in [0.15, 0.2) is 0 Å². The lowest BCUT2D eigenvalue weighted by Gasteiger charge is -2.07. The number of nitrogens with one attached hydrogen (secondary N) is 1. The Morgan fingerprint density at radius 1 is 1.30 bits per heavy atom. The summed E-state index contributed by atoms with van der Waals surface area (Å²) in [6, 6.07) is 5.71. The van der Waals surface area contributed by atoms with Crippen LogP contribution in [0.25, 0.3) is 0 Å². The minimum Gasteiger partial charge on any atom is -0.477 e. The molecule has 0 atom stereocenters. The number of thiophene rings is 1. The molecule has 1 aromatic carbocycles. The number of hydrogen-bond acceptors (Lipinski definition) is 4. The predicted molar refractivity (Wildman–Crippen MR) is 73.5 cm³/mol. The summed E-state index contributed by atoms with van der Waals surface area (Å²) in [6.07, 6.45) is 0. The smallest absolute Gasteiger partial charge is 0.345 e. The molecule has 0 amide bonds. The zero-order valence-electron chi connectivity index (χ0n) is 9.63. The molecule has 0 saturated carbocycles. The van der Waals surface area contributed by atoms with Crippen LogP contribution in [-0.4, -0.2) is 19.5 Å². The number of aromatic carboxylic acids is 1. The summed E-state index contributed by atoms with van der Waals surface area (Å²) in [7, 11) is -4.14. The molecule has 0 fully saturated rings. The average Bonchev–Trinajstić information content (AvgIpc) is 2.76. The van der Waals surface area contributed by atoms with Crippen molar-refractivity contribution in [1.29, 1.82) is 0 Å². The molecule has 0 aliphatic rings. The van der Waals surface area contributed by atoms with E-state index in [2.05, 4.69) is 4.72 Å². The molecule has 20 heavy (non-hydrogen) atoms. The van der Waals surface area contributed by atoms with Crippen LogP contribution in [0, 0.1) is 5.82 Å². The third kappa shape index (κ3) is 3.09. The second kappa shape index (κ2) is 5.39. The molecule has 0 bridgehead atoms. The second-order valence-corrected chi connectivity index (χ2v) is 6.82. The number of carboxylic acid groups (broad SMARTS) is 1. The Morgan fingerprint density at radius 2 is 2.00 bits per heavy atom. The minimum absolute atomic E-state index is 0.0284. The fourth-order valence-corrected chi connectivity index (χ4v) is 3.64. The van der Waals surface area contributed by atoms with Crippen LogP contribution in [0.1, 0.15) is 9.67 Å². The molecule has 0 saturated heterocycles. The quantitative estimate of drug-likeness (QED) is 0.899. The van der Waals surface area contributed by atoms with Gasteiger partial charge in [-0.05, 0) is 30.3 Å². The van der Waals surface area contributed by atoms with Gasteiger partial charge in [0, 0.05) is 5.02 Å². The highest BCUT2D eigenvalue weighted by atomic mass is 35.5. The summed E-state index contributed by atoms with van der Waals surface area (Å²) in [5, 5.41) is 8.90. The number of halogens is 2. The third-order valence-corrected chi connectivity index (χ3v) is 4.99. The number of rotatable bonds is 4. The van der Waals surface area contributed by atoms with E-state index in [1.807, 2.05) is 0 Å². The van der Waals surface area contributed by atoms with Crippen molar-refractivity contribution in [1.82, 2.24) is 0 Å². The molecule has 0 aliphatic heterocycles. The number of carboxylic acids is 1. The van der Waals surface area contributed by atoms with E-state index in [1.165, 1.54) is 18.2 Å². The first-order valence-corrected chi connectivity index (χ1v) is 7.78. The first-order valence-electron chi connectivity index (χ1n) is 5.10. The van der Waals surface area contributed by atoms with E-state index >= 15 is 0 Å². The maximum Gasteiger partial charge on any atom is 0.345 e. The number of benzene rings is 1. The van der Waals surface area contributed by atoms with Crippen LogP contribution in [0.3, 0.4) is 0 Å². The number of hydrogen-bond donors (Lipinski definition) is 2. The van der Waals surface area contributed by atoms with Gasteiger partial charge in [-0.2, -0.15) is 0 Å². The highest BCUT2D eigenvalue weighted by Gasteiger charge is 2.20. The van der Waals surface area contributed by atoms with E-state index in [0.717, 1.165) is 23.5 Å². The first-order chi connectivity index (χ1) is 9.29. The van der Waals surface area contributed by atoms with Gasteiger partial charge >= 0.3 is 5.97 Å². The average molecular weight is 336 g/mol. The molecule has 9 heteroatoms. The molecule has 2 N–H and O–H groups in total. The van der Waals surface area contributed by atoms with Crippen molar-refractivity contribution in [3.63, 3.8) is 0 Å². The maximum atomic E-state index is 13.6. The Morgan fingerprint density at radius 3 is 2.55 bits per heavy atom.